The fourth-order valence-electron chi connectivity index (χ4n) is 2.34. The van der Waals surface area contributed by atoms with Gasteiger partial charge in [0.15, 0.2) is 5.76 Å². The Balaban J connectivity index is 2.09. The molecule has 20 heavy (non-hydrogen) atoms. The van der Waals surface area contributed by atoms with Gasteiger partial charge in [-0.2, -0.15) is 0 Å². The first-order valence-corrected chi connectivity index (χ1v) is 7.04. The minimum Gasteiger partial charge on any atom is -0.451 e. The Morgan fingerprint density at radius 2 is 2.15 bits per heavy atom. The third-order valence-corrected chi connectivity index (χ3v) is 3.72. The lowest BCUT2D eigenvalue weighted by Crippen LogP contribution is -2.29. The first kappa shape index (κ1) is 14.6. The van der Waals surface area contributed by atoms with Crippen LogP contribution in [0.2, 0.25) is 0 Å². The number of carbonyl (C=O) groups is 1. The van der Waals surface area contributed by atoms with Crippen LogP contribution in [-0.4, -0.2) is 24.2 Å². The SMILES string of the molecule is CCC(CCO)CNC(=O)c1oc2ccccc2c1C. The second-order valence-corrected chi connectivity index (χ2v) is 5.05. The normalized spacial score (nSPS) is 12.6. The van der Waals surface area contributed by atoms with Crippen molar-refractivity contribution < 1.29 is 14.3 Å². The van der Waals surface area contributed by atoms with E-state index < -0.39 is 0 Å². The third kappa shape index (κ3) is 3.02. The van der Waals surface area contributed by atoms with E-state index in [0.29, 0.717) is 24.6 Å². The summed E-state index contributed by atoms with van der Waals surface area (Å²) in [5.74, 6) is 0.494. The zero-order valence-electron chi connectivity index (χ0n) is 12.0. The van der Waals surface area contributed by atoms with Crippen LogP contribution in [0.5, 0.6) is 0 Å². The molecule has 1 atom stereocenters. The minimum absolute atomic E-state index is 0.151. The minimum atomic E-state index is -0.185. The van der Waals surface area contributed by atoms with Crippen LogP contribution in [0.1, 0.15) is 35.9 Å². The molecule has 0 aliphatic rings. The zero-order valence-corrected chi connectivity index (χ0v) is 12.0. The van der Waals surface area contributed by atoms with Crippen molar-refractivity contribution in [3.8, 4) is 0 Å². The van der Waals surface area contributed by atoms with Crippen LogP contribution in [0.15, 0.2) is 28.7 Å². The summed E-state index contributed by atoms with van der Waals surface area (Å²) in [4.78, 5) is 12.2. The Kier molecular flexibility index (Phi) is 4.79. The molecule has 1 aromatic heterocycles. The van der Waals surface area contributed by atoms with Gasteiger partial charge < -0.3 is 14.8 Å². The first-order chi connectivity index (χ1) is 9.67. The van der Waals surface area contributed by atoms with Crippen molar-refractivity contribution in [1.29, 1.82) is 0 Å². The molecule has 0 aliphatic carbocycles. The van der Waals surface area contributed by atoms with Crippen molar-refractivity contribution in [2.75, 3.05) is 13.2 Å². The summed E-state index contributed by atoms with van der Waals surface area (Å²) >= 11 is 0. The number of amides is 1. The first-order valence-electron chi connectivity index (χ1n) is 7.04. The monoisotopic (exact) mass is 275 g/mol. The maximum Gasteiger partial charge on any atom is 0.287 e. The lowest BCUT2D eigenvalue weighted by molar-refractivity contribution is 0.0917. The van der Waals surface area contributed by atoms with E-state index in [9.17, 15) is 4.79 Å². The summed E-state index contributed by atoms with van der Waals surface area (Å²) in [6.45, 7) is 4.66. The van der Waals surface area contributed by atoms with E-state index in [1.54, 1.807) is 0 Å². The smallest absolute Gasteiger partial charge is 0.287 e. The van der Waals surface area contributed by atoms with E-state index in [2.05, 4.69) is 12.2 Å². The van der Waals surface area contributed by atoms with Crippen molar-refractivity contribution in [2.45, 2.75) is 26.7 Å². The molecule has 0 saturated carbocycles. The van der Waals surface area contributed by atoms with Crippen molar-refractivity contribution in [3.05, 3.63) is 35.6 Å². The fraction of sp³-hybridized carbons (Fsp3) is 0.438. The maximum absolute atomic E-state index is 12.2. The molecule has 1 amide bonds. The summed E-state index contributed by atoms with van der Waals surface area (Å²) in [5.41, 5.74) is 1.60. The van der Waals surface area contributed by atoms with Gasteiger partial charge in [0.05, 0.1) is 0 Å². The Bertz CT molecular complexity index is 588. The second-order valence-electron chi connectivity index (χ2n) is 5.05. The fourth-order valence-corrected chi connectivity index (χ4v) is 2.34. The number of hydrogen-bond donors (Lipinski definition) is 2. The number of nitrogens with one attached hydrogen (secondary N) is 1. The molecule has 0 aliphatic heterocycles. The van der Waals surface area contributed by atoms with E-state index in [0.717, 1.165) is 23.0 Å². The van der Waals surface area contributed by atoms with E-state index in [4.69, 9.17) is 9.52 Å². The predicted octanol–water partition coefficient (Wildman–Crippen LogP) is 2.88. The third-order valence-electron chi connectivity index (χ3n) is 3.72. The van der Waals surface area contributed by atoms with Gasteiger partial charge in [-0.1, -0.05) is 31.5 Å². The van der Waals surface area contributed by atoms with Crippen LogP contribution in [0.4, 0.5) is 0 Å². The number of benzene rings is 1. The van der Waals surface area contributed by atoms with Crippen molar-refractivity contribution >= 4 is 16.9 Å². The van der Waals surface area contributed by atoms with E-state index >= 15 is 0 Å². The Morgan fingerprint density at radius 3 is 2.80 bits per heavy atom. The van der Waals surface area contributed by atoms with Crippen LogP contribution in [0, 0.1) is 12.8 Å². The van der Waals surface area contributed by atoms with Gasteiger partial charge in [-0.05, 0) is 25.3 Å². The average molecular weight is 275 g/mol. The number of aliphatic hydroxyl groups is 1. The van der Waals surface area contributed by atoms with Crippen LogP contribution >= 0.6 is 0 Å². The largest absolute Gasteiger partial charge is 0.451 e. The molecular weight excluding hydrogens is 254 g/mol. The molecule has 1 unspecified atom stereocenters. The van der Waals surface area contributed by atoms with Gasteiger partial charge in [-0.3, -0.25) is 4.79 Å². The van der Waals surface area contributed by atoms with E-state index in [1.165, 1.54) is 0 Å². The quantitative estimate of drug-likeness (QED) is 0.852. The molecule has 108 valence electrons. The summed E-state index contributed by atoms with van der Waals surface area (Å²) < 4.78 is 5.63. The van der Waals surface area contributed by atoms with Crippen LogP contribution in [0.3, 0.4) is 0 Å². The standard InChI is InChI=1S/C16H21NO3/c1-3-12(8-9-18)10-17-16(19)15-11(2)13-6-4-5-7-14(13)20-15/h4-7,12,18H,3,8-10H2,1-2H3,(H,17,19). The molecule has 1 aromatic carbocycles. The number of furan rings is 1. The number of carbonyl (C=O) groups excluding carboxylic acids is 1. The van der Waals surface area contributed by atoms with Gasteiger partial charge in [-0.15, -0.1) is 0 Å². The van der Waals surface area contributed by atoms with E-state index in [1.807, 2.05) is 31.2 Å². The number of hydrogen-bond acceptors (Lipinski definition) is 3. The molecule has 1 heterocycles. The summed E-state index contributed by atoms with van der Waals surface area (Å²) in [6.07, 6.45) is 1.63. The van der Waals surface area contributed by atoms with Gasteiger partial charge in [0.25, 0.3) is 5.91 Å². The maximum atomic E-state index is 12.2. The average Bonchev–Trinajstić information content (AvgIpc) is 2.81. The number of rotatable bonds is 6. The summed E-state index contributed by atoms with van der Waals surface area (Å²) in [5, 5.41) is 12.8. The van der Waals surface area contributed by atoms with Crippen LogP contribution < -0.4 is 5.32 Å². The highest BCUT2D eigenvalue weighted by Crippen LogP contribution is 2.24. The molecule has 0 radical (unpaired) electrons. The van der Waals surface area contributed by atoms with Gasteiger partial charge in [0.1, 0.15) is 5.58 Å². The number of para-hydroxylation sites is 1. The molecule has 2 N–H and O–H groups in total. The molecular formula is C16H21NO3. The predicted molar refractivity (Wildman–Crippen MR) is 78.8 cm³/mol. The molecule has 4 heteroatoms. The molecule has 0 fully saturated rings. The molecule has 2 rings (SSSR count). The highest BCUT2D eigenvalue weighted by atomic mass is 16.3. The second kappa shape index (κ2) is 6.57. The topological polar surface area (TPSA) is 62.5 Å². The molecule has 0 spiro atoms. The molecule has 4 nitrogen and oxygen atoms in total. The van der Waals surface area contributed by atoms with Gasteiger partial charge in [0, 0.05) is 24.1 Å². The lowest BCUT2D eigenvalue weighted by Gasteiger charge is -2.13. The summed E-state index contributed by atoms with van der Waals surface area (Å²) in [6, 6.07) is 7.63. The summed E-state index contributed by atoms with van der Waals surface area (Å²) in [7, 11) is 0. The van der Waals surface area contributed by atoms with Crippen molar-refractivity contribution in [3.63, 3.8) is 0 Å². The number of aliphatic hydroxyl groups excluding tert-OH is 1. The van der Waals surface area contributed by atoms with Crippen molar-refractivity contribution in [1.82, 2.24) is 5.32 Å². The number of aryl methyl sites for hydroxylation is 1. The highest BCUT2D eigenvalue weighted by Gasteiger charge is 2.18. The van der Waals surface area contributed by atoms with E-state index in [-0.39, 0.29) is 12.5 Å². The van der Waals surface area contributed by atoms with Crippen LogP contribution in [0.25, 0.3) is 11.0 Å². The lowest BCUT2D eigenvalue weighted by atomic mass is 10.0. The zero-order chi connectivity index (χ0) is 14.5. The van der Waals surface area contributed by atoms with Gasteiger partial charge in [-0.25, -0.2) is 0 Å². The Labute approximate surface area is 118 Å². The van der Waals surface area contributed by atoms with Gasteiger partial charge in [0.2, 0.25) is 0 Å². The highest BCUT2D eigenvalue weighted by molar-refractivity contribution is 5.98. The molecule has 2 aromatic rings. The Morgan fingerprint density at radius 1 is 1.40 bits per heavy atom. The Hall–Kier alpha value is -1.81. The van der Waals surface area contributed by atoms with Gasteiger partial charge >= 0.3 is 0 Å². The van der Waals surface area contributed by atoms with Crippen LogP contribution in [-0.2, 0) is 0 Å². The van der Waals surface area contributed by atoms with Crippen molar-refractivity contribution in [2.24, 2.45) is 5.92 Å². The molecule has 0 bridgehead atoms. The number of fused-ring (bicyclic) bond motifs is 1. The molecule has 0 saturated heterocycles.